The van der Waals surface area contributed by atoms with Gasteiger partial charge in [-0.3, -0.25) is 4.98 Å². The Balaban J connectivity index is 1.94. The summed E-state index contributed by atoms with van der Waals surface area (Å²) >= 11 is 5.03. The van der Waals surface area contributed by atoms with Crippen molar-refractivity contribution in [1.82, 2.24) is 4.98 Å². The number of halogens is 1. The second kappa shape index (κ2) is 5.57. The van der Waals surface area contributed by atoms with E-state index in [1.54, 1.807) is 23.7 Å². The molecule has 2 aromatic rings. The number of aromatic nitrogens is 1. The number of rotatable bonds is 4. The average Bonchev–Trinajstić information content (AvgIpc) is 2.70. The summed E-state index contributed by atoms with van der Waals surface area (Å²) in [7, 11) is 0. The Labute approximate surface area is 107 Å². The number of aliphatic hydroxyl groups is 1. The molecule has 0 spiro atoms. The maximum atomic E-state index is 9.93. The third-order valence-corrected chi connectivity index (χ3v) is 3.45. The van der Waals surface area contributed by atoms with Gasteiger partial charge < -0.3 is 5.11 Å². The van der Waals surface area contributed by atoms with Gasteiger partial charge >= 0.3 is 0 Å². The van der Waals surface area contributed by atoms with E-state index in [2.05, 4.69) is 26.3 Å². The molecule has 0 aliphatic rings. The van der Waals surface area contributed by atoms with E-state index in [4.69, 9.17) is 0 Å². The predicted molar refractivity (Wildman–Crippen MR) is 69.7 cm³/mol. The first kappa shape index (κ1) is 11.8. The van der Waals surface area contributed by atoms with Crippen molar-refractivity contribution in [3.8, 4) is 0 Å². The van der Waals surface area contributed by atoms with E-state index in [0.717, 1.165) is 10.0 Å². The SMILES string of the molecule is OC(Cc1ccsc1)Cc1cncc(Br)c1. The molecule has 0 aliphatic carbocycles. The van der Waals surface area contributed by atoms with E-state index in [1.165, 1.54) is 5.56 Å². The van der Waals surface area contributed by atoms with Crippen LogP contribution in [0.3, 0.4) is 0 Å². The second-order valence-corrected chi connectivity index (χ2v) is 5.40. The topological polar surface area (TPSA) is 33.1 Å². The number of hydrogen-bond acceptors (Lipinski definition) is 3. The molecule has 0 saturated heterocycles. The van der Waals surface area contributed by atoms with Gasteiger partial charge in [0.1, 0.15) is 0 Å². The van der Waals surface area contributed by atoms with E-state index in [0.29, 0.717) is 12.8 Å². The molecule has 4 heteroatoms. The van der Waals surface area contributed by atoms with Crippen molar-refractivity contribution in [1.29, 1.82) is 0 Å². The van der Waals surface area contributed by atoms with Crippen LogP contribution in [0.2, 0.25) is 0 Å². The molecule has 1 N–H and O–H groups in total. The largest absolute Gasteiger partial charge is 0.392 e. The summed E-state index contributed by atoms with van der Waals surface area (Å²) < 4.78 is 0.952. The molecule has 2 nitrogen and oxygen atoms in total. The van der Waals surface area contributed by atoms with Gasteiger partial charge in [-0.25, -0.2) is 0 Å². The van der Waals surface area contributed by atoms with Crippen LogP contribution in [0, 0.1) is 0 Å². The zero-order valence-electron chi connectivity index (χ0n) is 8.64. The third-order valence-electron chi connectivity index (χ3n) is 2.28. The van der Waals surface area contributed by atoms with Gasteiger partial charge in [-0.1, -0.05) is 0 Å². The highest BCUT2D eigenvalue weighted by molar-refractivity contribution is 9.10. The first-order valence-corrected chi connectivity index (χ1v) is 6.76. The molecule has 1 unspecified atom stereocenters. The lowest BCUT2D eigenvalue weighted by atomic mass is 10.0. The van der Waals surface area contributed by atoms with Crippen LogP contribution >= 0.6 is 27.3 Å². The molecule has 2 rings (SSSR count). The Hall–Kier alpha value is -0.710. The lowest BCUT2D eigenvalue weighted by Crippen LogP contribution is -2.13. The minimum absolute atomic E-state index is 0.342. The maximum absolute atomic E-state index is 9.93. The number of aliphatic hydroxyl groups excluding tert-OH is 1. The highest BCUT2D eigenvalue weighted by atomic mass is 79.9. The zero-order chi connectivity index (χ0) is 11.4. The van der Waals surface area contributed by atoms with Gasteiger partial charge in [0, 0.05) is 23.3 Å². The zero-order valence-corrected chi connectivity index (χ0v) is 11.0. The fourth-order valence-corrected chi connectivity index (χ4v) is 2.69. The van der Waals surface area contributed by atoms with Crippen LogP contribution in [0.25, 0.3) is 0 Å². The van der Waals surface area contributed by atoms with Crippen LogP contribution < -0.4 is 0 Å². The highest BCUT2D eigenvalue weighted by Gasteiger charge is 2.07. The van der Waals surface area contributed by atoms with Crippen molar-refractivity contribution >= 4 is 27.3 Å². The molecule has 2 heterocycles. The minimum Gasteiger partial charge on any atom is -0.392 e. The van der Waals surface area contributed by atoms with E-state index in [1.807, 2.05) is 17.5 Å². The quantitative estimate of drug-likeness (QED) is 0.941. The Morgan fingerprint density at radius 3 is 2.81 bits per heavy atom. The number of thiophene rings is 1. The van der Waals surface area contributed by atoms with Crippen molar-refractivity contribution in [2.75, 3.05) is 0 Å². The first-order chi connectivity index (χ1) is 7.74. The molecule has 0 aromatic carbocycles. The monoisotopic (exact) mass is 297 g/mol. The molecule has 2 aromatic heterocycles. The van der Waals surface area contributed by atoms with Crippen LogP contribution in [0.4, 0.5) is 0 Å². The Bertz CT molecular complexity index is 444. The fraction of sp³-hybridized carbons (Fsp3) is 0.250. The molecule has 0 fully saturated rings. The van der Waals surface area contributed by atoms with Gasteiger partial charge in [-0.15, -0.1) is 0 Å². The van der Waals surface area contributed by atoms with Crippen LogP contribution in [0.5, 0.6) is 0 Å². The third kappa shape index (κ3) is 3.40. The van der Waals surface area contributed by atoms with Crippen LogP contribution in [-0.4, -0.2) is 16.2 Å². The maximum Gasteiger partial charge on any atom is 0.0621 e. The normalized spacial score (nSPS) is 12.6. The van der Waals surface area contributed by atoms with Gasteiger partial charge in [-0.05, 0) is 56.4 Å². The van der Waals surface area contributed by atoms with E-state index < -0.39 is 0 Å². The van der Waals surface area contributed by atoms with Crippen molar-refractivity contribution in [3.05, 3.63) is 50.9 Å². The molecule has 0 bridgehead atoms. The molecule has 0 amide bonds. The molecule has 0 radical (unpaired) electrons. The standard InChI is InChI=1S/C12H12BrNOS/c13-11-3-10(6-14-7-11)5-12(15)4-9-1-2-16-8-9/h1-3,6-8,12,15H,4-5H2. The van der Waals surface area contributed by atoms with Crippen LogP contribution in [0.15, 0.2) is 39.8 Å². The van der Waals surface area contributed by atoms with Gasteiger partial charge in [-0.2, -0.15) is 11.3 Å². The number of nitrogens with zero attached hydrogens (tertiary/aromatic N) is 1. The van der Waals surface area contributed by atoms with E-state index >= 15 is 0 Å². The van der Waals surface area contributed by atoms with Crippen molar-refractivity contribution in [2.45, 2.75) is 18.9 Å². The van der Waals surface area contributed by atoms with Crippen molar-refractivity contribution in [3.63, 3.8) is 0 Å². The fourth-order valence-electron chi connectivity index (χ4n) is 1.59. The molecule has 16 heavy (non-hydrogen) atoms. The summed E-state index contributed by atoms with van der Waals surface area (Å²) in [6.07, 6.45) is 4.54. The number of pyridine rings is 1. The molecule has 84 valence electrons. The summed E-state index contributed by atoms with van der Waals surface area (Å²) in [6, 6.07) is 4.04. The Morgan fingerprint density at radius 1 is 1.31 bits per heavy atom. The highest BCUT2D eigenvalue weighted by Crippen LogP contribution is 2.14. The first-order valence-electron chi connectivity index (χ1n) is 5.02. The lowest BCUT2D eigenvalue weighted by molar-refractivity contribution is 0.175. The summed E-state index contributed by atoms with van der Waals surface area (Å²) in [5.74, 6) is 0. The van der Waals surface area contributed by atoms with Crippen molar-refractivity contribution in [2.24, 2.45) is 0 Å². The van der Waals surface area contributed by atoms with Crippen molar-refractivity contribution < 1.29 is 5.11 Å². The van der Waals surface area contributed by atoms with Gasteiger partial charge in [0.15, 0.2) is 0 Å². The molecular formula is C12H12BrNOS. The summed E-state index contributed by atoms with van der Waals surface area (Å²) in [5, 5.41) is 14.0. The van der Waals surface area contributed by atoms with Gasteiger partial charge in [0.2, 0.25) is 0 Å². The smallest absolute Gasteiger partial charge is 0.0621 e. The minimum atomic E-state index is -0.342. The second-order valence-electron chi connectivity index (χ2n) is 3.71. The van der Waals surface area contributed by atoms with E-state index in [-0.39, 0.29) is 6.10 Å². The molecule has 0 saturated carbocycles. The summed E-state index contributed by atoms with van der Waals surface area (Å²) in [5.41, 5.74) is 2.25. The molecule has 0 aliphatic heterocycles. The van der Waals surface area contributed by atoms with Gasteiger partial charge in [0.05, 0.1) is 6.10 Å². The lowest BCUT2D eigenvalue weighted by Gasteiger charge is -2.09. The molecular weight excluding hydrogens is 286 g/mol. The van der Waals surface area contributed by atoms with Crippen LogP contribution in [0.1, 0.15) is 11.1 Å². The average molecular weight is 298 g/mol. The molecule has 1 atom stereocenters. The predicted octanol–water partition coefficient (Wildman–Crippen LogP) is 3.05. The summed E-state index contributed by atoms with van der Waals surface area (Å²) in [6.45, 7) is 0. The van der Waals surface area contributed by atoms with E-state index in [9.17, 15) is 5.11 Å². The number of hydrogen-bond donors (Lipinski definition) is 1. The summed E-state index contributed by atoms with van der Waals surface area (Å²) in [4.78, 5) is 4.08. The Kier molecular flexibility index (Phi) is 4.09. The van der Waals surface area contributed by atoms with Crippen LogP contribution in [-0.2, 0) is 12.8 Å². The van der Waals surface area contributed by atoms with Gasteiger partial charge in [0.25, 0.3) is 0 Å². The Morgan fingerprint density at radius 2 is 2.12 bits per heavy atom.